The Morgan fingerprint density at radius 1 is 1.06 bits per heavy atom. The molecule has 1 N–H and O–H groups in total. The third-order valence-corrected chi connectivity index (χ3v) is 12.4. The highest BCUT2D eigenvalue weighted by Crippen LogP contribution is 2.39. The minimum Gasteiger partial charge on any atom is -0.497 e. The van der Waals surface area contributed by atoms with Crippen LogP contribution in [0.2, 0.25) is 18.1 Å². The van der Waals surface area contributed by atoms with Gasteiger partial charge in [0.2, 0.25) is 0 Å². The number of hydrogen-bond donors (Lipinski definition) is 1. The van der Waals surface area contributed by atoms with Crippen molar-refractivity contribution < 1.29 is 23.8 Å². The molecule has 0 aliphatic carbocycles. The van der Waals surface area contributed by atoms with Gasteiger partial charge in [0.25, 0.3) is 0 Å². The Hall–Kier alpha value is -1.47. The van der Waals surface area contributed by atoms with Gasteiger partial charge in [-0.3, -0.25) is 4.79 Å². The molecule has 0 spiro atoms. The number of carbonyl (C=O) groups is 1. The number of aliphatic hydroxyl groups is 1. The van der Waals surface area contributed by atoms with Crippen LogP contribution >= 0.6 is 0 Å². The smallest absolute Gasteiger partial charge is 0.192 e. The summed E-state index contributed by atoms with van der Waals surface area (Å²) in [5.74, 6) is 0.504. The van der Waals surface area contributed by atoms with E-state index in [0.29, 0.717) is 6.61 Å². The van der Waals surface area contributed by atoms with Gasteiger partial charge in [-0.05, 0) is 47.7 Å². The van der Waals surface area contributed by atoms with Crippen LogP contribution in [0, 0.1) is 23.7 Å². The Bertz CT molecular complexity index is 812. The maximum Gasteiger partial charge on any atom is 0.192 e. The first-order valence-electron chi connectivity index (χ1n) is 13.3. The molecule has 5 nitrogen and oxygen atoms in total. The third-order valence-electron chi connectivity index (χ3n) is 7.92. The first kappa shape index (κ1) is 32.6. The Kier molecular flexibility index (Phi) is 12.6. The lowest BCUT2D eigenvalue weighted by Gasteiger charge is -2.42. The average molecular weight is 521 g/mol. The van der Waals surface area contributed by atoms with E-state index in [9.17, 15) is 9.90 Å². The number of ketones is 1. The molecule has 0 radical (unpaired) electrons. The number of ether oxygens (including phenoxy) is 2. The number of Topliss-reactive ketones (excluding diaryl/α,β-unsaturated/α-hetero) is 1. The fraction of sp³-hybridized carbons (Fsp3) is 0.700. The summed E-state index contributed by atoms with van der Waals surface area (Å²) < 4.78 is 18.2. The monoisotopic (exact) mass is 520 g/mol. The number of benzene rings is 1. The van der Waals surface area contributed by atoms with Gasteiger partial charge in [-0.2, -0.15) is 0 Å². The molecule has 0 unspecified atom stereocenters. The molecule has 36 heavy (non-hydrogen) atoms. The van der Waals surface area contributed by atoms with Crippen molar-refractivity contribution >= 4 is 14.1 Å². The summed E-state index contributed by atoms with van der Waals surface area (Å²) in [5.41, 5.74) is 1.04. The molecule has 0 saturated heterocycles. The lowest BCUT2D eigenvalue weighted by Crippen LogP contribution is -2.48. The van der Waals surface area contributed by atoms with Crippen LogP contribution in [-0.4, -0.2) is 44.6 Å². The van der Waals surface area contributed by atoms with Crippen LogP contribution < -0.4 is 4.74 Å². The first-order valence-corrected chi connectivity index (χ1v) is 16.2. The molecule has 1 rings (SSSR count). The zero-order valence-corrected chi connectivity index (χ0v) is 25.6. The maximum atomic E-state index is 13.4. The summed E-state index contributed by atoms with van der Waals surface area (Å²) >= 11 is 0. The number of carbonyl (C=O) groups excluding carboxylic acids is 1. The number of aliphatic hydroxyl groups excluding tert-OH is 1. The van der Waals surface area contributed by atoms with Gasteiger partial charge >= 0.3 is 0 Å². The Labute approximate surface area is 221 Å². The average Bonchev–Trinajstić information content (AvgIpc) is 2.80. The van der Waals surface area contributed by atoms with E-state index in [1.807, 2.05) is 44.2 Å². The number of methoxy groups -OCH3 is 1. The lowest BCUT2D eigenvalue weighted by molar-refractivity contribution is -0.130. The zero-order chi connectivity index (χ0) is 27.8. The van der Waals surface area contributed by atoms with Crippen LogP contribution in [0.15, 0.2) is 36.9 Å². The second-order valence-corrected chi connectivity index (χ2v) is 16.9. The van der Waals surface area contributed by atoms with Crippen molar-refractivity contribution in [3.63, 3.8) is 0 Å². The quantitative estimate of drug-likeness (QED) is 0.198. The molecule has 0 bridgehead atoms. The molecule has 0 fully saturated rings. The van der Waals surface area contributed by atoms with E-state index < -0.39 is 14.4 Å². The second-order valence-electron chi connectivity index (χ2n) is 12.2. The van der Waals surface area contributed by atoms with Crippen LogP contribution in [0.3, 0.4) is 0 Å². The van der Waals surface area contributed by atoms with Crippen LogP contribution in [0.5, 0.6) is 5.75 Å². The van der Waals surface area contributed by atoms with Gasteiger partial charge in [0.1, 0.15) is 11.5 Å². The molecule has 6 heteroatoms. The van der Waals surface area contributed by atoms with Crippen molar-refractivity contribution in [3.8, 4) is 5.75 Å². The molecule has 0 aliphatic heterocycles. The zero-order valence-electron chi connectivity index (χ0n) is 24.6. The largest absolute Gasteiger partial charge is 0.497 e. The van der Waals surface area contributed by atoms with Gasteiger partial charge in [0.15, 0.2) is 8.32 Å². The van der Waals surface area contributed by atoms with Crippen LogP contribution in [0.25, 0.3) is 0 Å². The molecule has 1 aromatic rings. The van der Waals surface area contributed by atoms with Crippen LogP contribution in [-0.2, 0) is 20.6 Å². The Morgan fingerprint density at radius 3 is 2.06 bits per heavy atom. The summed E-state index contributed by atoms with van der Waals surface area (Å²) in [4.78, 5) is 13.4. The van der Waals surface area contributed by atoms with Crippen molar-refractivity contribution in [2.24, 2.45) is 23.7 Å². The molecule has 6 atom stereocenters. The van der Waals surface area contributed by atoms with Gasteiger partial charge in [-0.25, -0.2) is 0 Å². The standard InChI is InChI=1S/C30H52O5Si/c1-13-21(4)29(35-36(11,12)30(7,8)9)23(6)27(32)18-26(31)22(5)28(20(2)3)34-19-24-14-16-25(33-10)17-15-24/h13-17,20-23,26,28-29,31H,1,18-19H2,2-12H3/t21-,22+,23-,26-,28-,29-/m1/s1. The predicted molar refractivity (Wildman–Crippen MR) is 152 cm³/mol. The van der Waals surface area contributed by atoms with E-state index in [4.69, 9.17) is 13.9 Å². The summed E-state index contributed by atoms with van der Waals surface area (Å²) in [7, 11) is -0.446. The van der Waals surface area contributed by atoms with E-state index >= 15 is 0 Å². The molecule has 1 aromatic carbocycles. The fourth-order valence-electron chi connectivity index (χ4n) is 4.16. The van der Waals surface area contributed by atoms with E-state index in [1.54, 1.807) is 7.11 Å². The summed E-state index contributed by atoms with van der Waals surface area (Å²) in [5, 5.41) is 11.1. The second kappa shape index (κ2) is 13.9. The predicted octanol–water partition coefficient (Wildman–Crippen LogP) is 7.04. The van der Waals surface area contributed by atoms with Gasteiger partial charge in [0, 0.05) is 18.3 Å². The van der Waals surface area contributed by atoms with E-state index in [1.165, 1.54) is 0 Å². The van der Waals surface area contributed by atoms with E-state index in [-0.39, 0.29) is 53.1 Å². The normalized spacial score (nSPS) is 17.7. The van der Waals surface area contributed by atoms with Crippen molar-refractivity contribution in [2.45, 2.75) is 105 Å². The molecule has 0 aromatic heterocycles. The fourth-order valence-corrected chi connectivity index (χ4v) is 5.61. The molecule has 0 aliphatic rings. The van der Waals surface area contributed by atoms with Gasteiger partial charge in [-0.15, -0.1) is 6.58 Å². The molecular formula is C30H52O5Si. The summed E-state index contributed by atoms with van der Waals surface area (Å²) in [6.07, 6.45) is 0.708. The van der Waals surface area contributed by atoms with E-state index in [2.05, 4.69) is 61.2 Å². The van der Waals surface area contributed by atoms with Crippen molar-refractivity contribution in [3.05, 3.63) is 42.5 Å². The van der Waals surface area contributed by atoms with Crippen molar-refractivity contribution in [1.29, 1.82) is 0 Å². The van der Waals surface area contributed by atoms with Crippen LogP contribution in [0.1, 0.15) is 67.4 Å². The van der Waals surface area contributed by atoms with Gasteiger partial charge < -0.3 is 19.0 Å². The third kappa shape index (κ3) is 9.12. The lowest BCUT2D eigenvalue weighted by atomic mass is 9.83. The van der Waals surface area contributed by atoms with Crippen LogP contribution in [0.4, 0.5) is 0 Å². The highest BCUT2D eigenvalue weighted by molar-refractivity contribution is 6.74. The highest BCUT2D eigenvalue weighted by Gasteiger charge is 2.42. The summed E-state index contributed by atoms with van der Waals surface area (Å²) in [6.45, 7) is 25.5. The summed E-state index contributed by atoms with van der Waals surface area (Å²) in [6, 6.07) is 7.78. The minimum absolute atomic E-state index is 0.0180. The first-order chi connectivity index (χ1) is 16.5. The Balaban J connectivity index is 2.90. The number of rotatable bonds is 15. The minimum atomic E-state index is -2.09. The SMILES string of the molecule is C=C[C@@H](C)[C@@H](O[Si](C)(C)C(C)(C)C)[C@H](C)C(=O)C[C@@H](O)[C@H](C)[C@H](OCc1ccc(OC)cc1)C(C)C. The topological polar surface area (TPSA) is 65.0 Å². The molecule has 206 valence electrons. The van der Waals surface area contributed by atoms with Gasteiger partial charge in [0.05, 0.1) is 32.0 Å². The molecule has 0 amide bonds. The van der Waals surface area contributed by atoms with Crippen molar-refractivity contribution in [2.75, 3.05) is 7.11 Å². The Morgan fingerprint density at radius 2 is 1.61 bits per heavy atom. The van der Waals surface area contributed by atoms with Gasteiger partial charge in [-0.1, -0.05) is 73.6 Å². The maximum absolute atomic E-state index is 13.4. The molecular weight excluding hydrogens is 468 g/mol. The van der Waals surface area contributed by atoms with E-state index in [0.717, 1.165) is 11.3 Å². The number of hydrogen-bond acceptors (Lipinski definition) is 5. The van der Waals surface area contributed by atoms with Crippen molar-refractivity contribution in [1.82, 2.24) is 0 Å². The highest BCUT2D eigenvalue weighted by atomic mass is 28.4. The molecule has 0 heterocycles. The molecule has 0 saturated carbocycles.